The second-order valence-corrected chi connectivity index (χ2v) is 7.50. The molecule has 3 atom stereocenters. The molecular formula is C17H22N4O3S. The fourth-order valence-electron chi connectivity index (χ4n) is 3.47. The minimum atomic E-state index is -0.178. The van der Waals surface area contributed by atoms with E-state index in [2.05, 4.69) is 28.8 Å². The maximum absolute atomic E-state index is 10.8. The third-order valence-corrected chi connectivity index (χ3v) is 5.51. The fourth-order valence-corrected chi connectivity index (χ4v) is 4.58. The van der Waals surface area contributed by atoms with Gasteiger partial charge in [-0.3, -0.25) is 4.90 Å². The molecule has 0 aromatic carbocycles. The van der Waals surface area contributed by atoms with E-state index < -0.39 is 0 Å². The maximum Gasteiger partial charge on any atom is 0.230 e. The Bertz CT molecular complexity index is 847. The molecule has 0 radical (unpaired) electrons. The second kappa shape index (κ2) is 6.44. The zero-order valence-electron chi connectivity index (χ0n) is 14.5. The Morgan fingerprint density at radius 1 is 1.36 bits per heavy atom. The largest absolute Gasteiger partial charge is 0.492 e. The van der Waals surface area contributed by atoms with Gasteiger partial charge < -0.3 is 14.3 Å². The van der Waals surface area contributed by atoms with Gasteiger partial charge in [-0.25, -0.2) is 4.98 Å². The van der Waals surface area contributed by atoms with Crippen LogP contribution >= 0.6 is 11.3 Å². The molecule has 25 heavy (non-hydrogen) atoms. The predicted molar refractivity (Wildman–Crippen MR) is 94.0 cm³/mol. The first-order valence-electron chi connectivity index (χ1n) is 8.57. The summed E-state index contributed by atoms with van der Waals surface area (Å²) in [5.74, 6) is 1.67. The predicted octanol–water partition coefficient (Wildman–Crippen LogP) is 2.85. The van der Waals surface area contributed by atoms with E-state index in [1.54, 1.807) is 6.26 Å². The molecule has 3 unspecified atom stereocenters. The standard InChI is InChI=1S/C17H22N4O3S/c1-4-13-18-17-21(19-13)16(22)15(25-17)14(12-6-5-7-23-12)20-8-10(2)24-11(3)9-20/h5-7,10-11,14,22H,4,8-9H2,1-3H3. The first kappa shape index (κ1) is 16.6. The summed E-state index contributed by atoms with van der Waals surface area (Å²) in [4.78, 5) is 8.29. The minimum Gasteiger partial charge on any atom is -0.492 e. The lowest BCUT2D eigenvalue weighted by Gasteiger charge is -2.39. The molecule has 3 aromatic heterocycles. The zero-order chi connectivity index (χ0) is 17.6. The van der Waals surface area contributed by atoms with Crippen molar-refractivity contribution in [2.75, 3.05) is 13.1 Å². The Kier molecular flexibility index (Phi) is 4.26. The Balaban J connectivity index is 1.78. The number of nitrogens with zero attached hydrogens (tertiary/aromatic N) is 4. The summed E-state index contributed by atoms with van der Waals surface area (Å²) in [5, 5.41) is 15.2. The molecule has 4 rings (SSSR count). The number of morpholine rings is 1. The average molecular weight is 362 g/mol. The highest BCUT2D eigenvalue weighted by atomic mass is 32.1. The van der Waals surface area contributed by atoms with Crippen molar-refractivity contribution in [2.45, 2.75) is 45.4 Å². The molecule has 4 heterocycles. The van der Waals surface area contributed by atoms with Crippen molar-refractivity contribution in [2.24, 2.45) is 0 Å². The Morgan fingerprint density at radius 3 is 2.72 bits per heavy atom. The number of aromatic hydroxyl groups is 1. The van der Waals surface area contributed by atoms with Crippen molar-refractivity contribution in [3.63, 3.8) is 0 Å². The van der Waals surface area contributed by atoms with E-state index in [1.807, 2.05) is 19.1 Å². The zero-order valence-corrected chi connectivity index (χ0v) is 15.4. The maximum atomic E-state index is 10.8. The van der Waals surface area contributed by atoms with Gasteiger partial charge in [-0.2, -0.15) is 4.52 Å². The SMILES string of the molecule is CCc1nc2sc(C(c3ccco3)N3CC(C)OC(C)C3)c(O)n2n1. The van der Waals surface area contributed by atoms with Crippen LogP contribution in [0.25, 0.3) is 4.96 Å². The number of aryl methyl sites for hydroxylation is 1. The van der Waals surface area contributed by atoms with Gasteiger partial charge in [-0.05, 0) is 26.0 Å². The third-order valence-electron chi connectivity index (χ3n) is 4.43. The number of ether oxygens (including phenoxy) is 1. The number of thiazole rings is 1. The van der Waals surface area contributed by atoms with E-state index in [9.17, 15) is 5.11 Å². The summed E-state index contributed by atoms with van der Waals surface area (Å²) in [6.07, 6.45) is 2.65. The Morgan fingerprint density at radius 2 is 2.12 bits per heavy atom. The molecule has 0 saturated carbocycles. The summed E-state index contributed by atoms with van der Waals surface area (Å²) in [7, 11) is 0. The molecule has 1 aliphatic rings. The van der Waals surface area contributed by atoms with Crippen LogP contribution in [0.15, 0.2) is 22.8 Å². The molecule has 8 heteroatoms. The number of fused-ring (bicyclic) bond motifs is 1. The van der Waals surface area contributed by atoms with Gasteiger partial charge in [0.2, 0.25) is 10.8 Å². The van der Waals surface area contributed by atoms with E-state index >= 15 is 0 Å². The van der Waals surface area contributed by atoms with Crippen molar-refractivity contribution in [1.29, 1.82) is 0 Å². The molecular weight excluding hydrogens is 340 g/mol. The van der Waals surface area contributed by atoms with Crippen LogP contribution in [0.3, 0.4) is 0 Å². The summed E-state index contributed by atoms with van der Waals surface area (Å²) in [6, 6.07) is 3.64. The Labute approximate surface area is 149 Å². The first-order chi connectivity index (χ1) is 12.1. The summed E-state index contributed by atoms with van der Waals surface area (Å²) in [6.45, 7) is 7.67. The molecule has 7 nitrogen and oxygen atoms in total. The van der Waals surface area contributed by atoms with Crippen LogP contribution < -0.4 is 0 Å². The van der Waals surface area contributed by atoms with E-state index in [0.29, 0.717) is 4.96 Å². The van der Waals surface area contributed by atoms with Gasteiger partial charge >= 0.3 is 0 Å². The van der Waals surface area contributed by atoms with Crippen molar-refractivity contribution in [1.82, 2.24) is 19.5 Å². The van der Waals surface area contributed by atoms with Gasteiger partial charge in [0.15, 0.2) is 5.82 Å². The number of rotatable bonds is 4. The second-order valence-electron chi connectivity index (χ2n) is 6.50. The van der Waals surface area contributed by atoms with E-state index in [4.69, 9.17) is 9.15 Å². The van der Waals surface area contributed by atoms with Crippen molar-refractivity contribution >= 4 is 16.3 Å². The molecule has 1 fully saturated rings. The lowest BCUT2D eigenvalue weighted by Crippen LogP contribution is -2.47. The van der Waals surface area contributed by atoms with Crippen LogP contribution in [0.1, 0.15) is 43.3 Å². The third kappa shape index (κ3) is 2.94. The summed E-state index contributed by atoms with van der Waals surface area (Å²) >= 11 is 1.46. The van der Waals surface area contributed by atoms with E-state index in [0.717, 1.165) is 36.0 Å². The highest BCUT2D eigenvalue weighted by Gasteiger charge is 2.35. The monoisotopic (exact) mass is 362 g/mol. The molecule has 1 aliphatic heterocycles. The van der Waals surface area contributed by atoms with Crippen LogP contribution in [-0.4, -0.2) is 49.9 Å². The van der Waals surface area contributed by atoms with E-state index in [-0.39, 0.29) is 24.1 Å². The first-order valence-corrected chi connectivity index (χ1v) is 9.38. The van der Waals surface area contributed by atoms with Crippen LogP contribution in [0.2, 0.25) is 0 Å². The average Bonchev–Trinajstić information content (AvgIpc) is 3.27. The molecule has 3 aromatic rings. The highest BCUT2D eigenvalue weighted by Crippen LogP contribution is 2.41. The number of hydrogen-bond acceptors (Lipinski definition) is 7. The molecule has 134 valence electrons. The van der Waals surface area contributed by atoms with Crippen molar-refractivity contribution in [3.05, 3.63) is 34.9 Å². The van der Waals surface area contributed by atoms with Crippen molar-refractivity contribution in [3.8, 4) is 5.88 Å². The number of aromatic nitrogens is 3. The van der Waals surface area contributed by atoms with E-state index in [1.165, 1.54) is 15.9 Å². The van der Waals surface area contributed by atoms with Gasteiger partial charge in [-0.1, -0.05) is 18.3 Å². The smallest absolute Gasteiger partial charge is 0.230 e. The molecule has 0 amide bonds. The van der Waals surface area contributed by atoms with Crippen LogP contribution in [-0.2, 0) is 11.2 Å². The molecule has 0 aliphatic carbocycles. The quantitative estimate of drug-likeness (QED) is 0.769. The van der Waals surface area contributed by atoms with Gasteiger partial charge in [-0.15, -0.1) is 5.10 Å². The summed E-state index contributed by atoms with van der Waals surface area (Å²) < 4.78 is 13.1. The van der Waals surface area contributed by atoms with Crippen LogP contribution in [0.4, 0.5) is 0 Å². The highest BCUT2D eigenvalue weighted by molar-refractivity contribution is 7.17. The fraction of sp³-hybridized carbons (Fsp3) is 0.529. The van der Waals surface area contributed by atoms with Gasteiger partial charge in [0.1, 0.15) is 11.8 Å². The van der Waals surface area contributed by atoms with Gasteiger partial charge in [0.25, 0.3) is 0 Å². The van der Waals surface area contributed by atoms with Gasteiger partial charge in [0, 0.05) is 19.5 Å². The Hall–Kier alpha value is -1.90. The van der Waals surface area contributed by atoms with Crippen LogP contribution in [0.5, 0.6) is 5.88 Å². The lowest BCUT2D eigenvalue weighted by atomic mass is 10.1. The van der Waals surface area contributed by atoms with Gasteiger partial charge in [0.05, 0.1) is 23.3 Å². The molecule has 0 bridgehead atoms. The minimum absolute atomic E-state index is 0.122. The lowest BCUT2D eigenvalue weighted by molar-refractivity contribution is -0.0781. The molecule has 1 saturated heterocycles. The van der Waals surface area contributed by atoms with Crippen molar-refractivity contribution < 1.29 is 14.3 Å². The van der Waals surface area contributed by atoms with Crippen LogP contribution in [0, 0.1) is 0 Å². The molecule has 0 spiro atoms. The normalized spacial score (nSPS) is 23.3. The summed E-state index contributed by atoms with van der Waals surface area (Å²) in [5.41, 5.74) is 0. The number of hydrogen-bond donors (Lipinski definition) is 1. The molecule has 1 N–H and O–H groups in total. The topological polar surface area (TPSA) is 76.0 Å². The number of furan rings is 1.